The van der Waals surface area contributed by atoms with Gasteiger partial charge in [-0.3, -0.25) is 4.79 Å². The number of halogens is 1. The minimum absolute atomic E-state index is 0.169. The van der Waals surface area contributed by atoms with Gasteiger partial charge < -0.3 is 13.6 Å². The smallest absolute Gasteiger partial charge is 0.197 e. The van der Waals surface area contributed by atoms with E-state index in [4.69, 9.17) is 25.2 Å². The topological polar surface area (TPSA) is 52.6 Å². The van der Waals surface area contributed by atoms with E-state index in [0.717, 1.165) is 10.9 Å². The molecule has 25 heavy (non-hydrogen) atoms. The highest BCUT2D eigenvalue weighted by atomic mass is 35.5. The lowest BCUT2D eigenvalue weighted by atomic mass is 10.1. The summed E-state index contributed by atoms with van der Waals surface area (Å²) in [6.07, 6.45) is 5.14. The second-order valence-electron chi connectivity index (χ2n) is 5.51. The van der Waals surface area contributed by atoms with Crippen LogP contribution in [-0.4, -0.2) is 7.11 Å². The van der Waals surface area contributed by atoms with Gasteiger partial charge in [0.05, 0.1) is 18.8 Å². The second-order valence-corrected chi connectivity index (χ2v) is 5.95. The van der Waals surface area contributed by atoms with E-state index in [-0.39, 0.29) is 5.43 Å². The summed E-state index contributed by atoms with van der Waals surface area (Å²) in [7, 11) is 1.52. The predicted molar refractivity (Wildman–Crippen MR) is 99.2 cm³/mol. The average molecular weight is 353 g/mol. The normalized spacial score (nSPS) is 11.6. The third kappa shape index (κ3) is 2.81. The van der Waals surface area contributed by atoms with Crippen molar-refractivity contribution in [3.63, 3.8) is 0 Å². The van der Waals surface area contributed by atoms with E-state index < -0.39 is 0 Å². The van der Waals surface area contributed by atoms with Crippen LogP contribution < -0.4 is 10.2 Å². The van der Waals surface area contributed by atoms with Gasteiger partial charge >= 0.3 is 0 Å². The molecular weight excluding hydrogens is 340 g/mol. The van der Waals surface area contributed by atoms with E-state index >= 15 is 0 Å². The monoisotopic (exact) mass is 352 g/mol. The molecule has 0 aliphatic rings. The van der Waals surface area contributed by atoms with Crippen molar-refractivity contribution in [3.8, 4) is 5.75 Å². The third-order valence-corrected chi connectivity index (χ3v) is 4.19. The fraction of sp³-hybridized carbons (Fsp3) is 0.0500. The molecule has 4 aromatic rings. The molecule has 0 aliphatic carbocycles. The van der Waals surface area contributed by atoms with Crippen LogP contribution in [0.15, 0.2) is 62.4 Å². The minimum Gasteiger partial charge on any atom is -0.495 e. The predicted octanol–water partition coefficient (Wildman–Crippen LogP) is 5.37. The highest BCUT2D eigenvalue weighted by molar-refractivity contribution is 6.30. The molecule has 0 saturated heterocycles. The molecule has 2 aromatic heterocycles. The molecule has 124 valence electrons. The van der Waals surface area contributed by atoms with Crippen molar-refractivity contribution in [3.05, 3.63) is 75.3 Å². The zero-order valence-corrected chi connectivity index (χ0v) is 14.0. The van der Waals surface area contributed by atoms with Crippen LogP contribution in [0, 0.1) is 0 Å². The first-order valence-corrected chi connectivity index (χ1v) is 7.99. The van der Waals surface area contributed by atoms with Crippen LogP contribution in [-0.2, 0) is 0 Å². The van der Waals surface area contributed by atoms with Crippen LogP contribution in [0.5, 0.6) is 5.75 Å². The highest BCUT2D eigenvalue weighted by Crippen LogP contribution is 2.34. The molecule has 0 N–H and O–H groups in total. The van der Waals surface area contributed by atoms with Crippen LogP contribution in [0.1, 0.15) is 11.3 Å². The molecule has 0 atom stereocenters. The van der Waals surface area contributed by atoms with Crippen molar-refractivity contribution < 1.29 is 13.6 Å². The molecule has 0 aliphatic heterocycles. The molecule has 5 heteroatoms. The number of hydrogen-bond acceptors (Lipinski definition) is 4. The molecule has 0 spiro atoms. The maximum atomic E-state index is 12.6. The van der Waals surface area contributed by atoms with E-state index in [2.05, 4.69) is 0 Å². The first kappa shape index (κ1) is 15.5. The molecule has 4 rings (SSSR count). The fourth-order valence-corrected chi connectivity index (χ4v) is 2.90. The number of furan rings is 1. The van der Waals surface area contributed by atoms with Crippen LogP contribution in [0.3, 0.4) is 0 Å². The lowest BCUT2D eigenvalue weighted by Gasteiger charge is -2.06. The largest absolute Gasteiger partial charge is 0.495 e. The van der Waals surface area contributed by atoms with Crippen LogP contribution in [0.2, 0.25) is 5.02 Å². The summed E-state index contributed by atoms with van der Waals surface area (Å²) >= 11 is 5.88. The van der Waals surface area contributed by atoms with Crippen LogP contribution in [0.25, 0.3) is 34.1 Å². The van der Waals surface area contributed by atoms with Gasteiger partial charge in [-0.25, -0.2) is 0 Å². The summed E-state index contributed by atoms with van der Waals surface area (Å²) in [4.78, 5) is 12.6. The number of hydrogen-bond donors (Lipinski definition) is 0. The minimum atomic E-state index is -0.169. The quantitative estimate of drug-likeness (QED) is 0.497. The number of benzene rings is 2. The first-order valence-electron chi connectivity index (χ1n) is 7.61. The summed E-state index contributed by atoms with van der Waals surface area (Å²) in [5.41, 5.74) is 1.80. The Kier molecular flexibility index (Phi) is 3.82. The Morgan fingerprint density at radius 2 is 1.84 bits per heavy atom. The van der Waals surface area contributed by atoms with Gasteiger partial charge in [0.2, 0.25) is 0 Å². The zero-order chi connectivity index (χ0) is 17.4. The number of ether oxygens (including phenoxy) is 1. The standard InChI is InChI=1S/C20H13ClO4/c1-23-20-15-8-9-24-17(15)11-18-19(20)16(22)10-14(25-18)7-4-12-2-5-13(21)6-3-12/h2-11H,1H3/b7-4-. The van der Waals surface area contributed by atoms with Gasteiger partial charge in [0.15, 0.2) is 5.43 Å². The van der Waals surface area contributed by atoms with Crippen molar-refractivity contribution in [2.24, 2.45) is 0 Å². The Labute approximate surface area is 147 Å². The van der Waals surface area contributed by atoms with Gasteiger partial charge in [-0.05, 0) is 29.8 Å². The Hall–Kier alpha value is -2.98. The summed E-state index contributed by atoms with van der Waals surface area (Å²) in [5.74, 6) is 0.906. The van der Waals surface area contributed by atoms with Crippen molar-refractivity contribution in [1.82, 2.24) is 0 Å². The molecule has 0 radical (unpaired) electrons. The van der Waals surface area contributed by atoms with Gasteiger partial charge in [-0.2, -0.15) is 0 Å². The van der Waals surface area contributed by atoms with Crippen LogP contribution >= 0.6 is 11.6 Å². The highest BCUT2D eigenvalue weighted by Gasteiger charge is 2.15. The summed E-state index contributed by atoms with van der Waals surface area (Å²) in [6.45, 7) is 0. The summed E-state index contributed by atoms with van der Waals surface area (Å²) in [5, 5.41) is 1.82. The molecule has 2 aromatic carbocycles. The Bertz CT molecular complexity index is 1150. The fourth-order valence-electron chi connectivity index (χ4n) is 2.78. The maximum absolute atomic E-state index is 12.6. The van der Waals surface area contributed by atoms with E-state index in [1.165, 1.54) is 13.2 Å². The second kappa shape index (κ2) is 6.15. The molecule has 0 unspecified atom stereocenters. The van der Waals surface area contributed by atoms with Gasteiger partial charge in [0.25, 0.3) is 0 Å². The van der Waals surface area contributed by atoms with Crippen molar-refractivity contribution in [1.29, 1.82) is 0 Å². The zero-order valence-electron chi connectivity index (χ0n) is 13.3. The van der Waals surface area contributed by atoms with Gasteiger partial charge in [-0.15, -0.1) is 0 Å². The average Bonchev–Trinajstić information content (AvgIpc) is 3.07. The lowest BCUT2D eigenvalue weighted by molar-refractivity contribution is 0.423. The molecule has 0 saturated carbocycles. The molecule has 2 heterocycles. The van der Waals surface area contributed by atoms with Crippen molar-refractivity contribution in [2.45, 2.75) is 0 Å². The van der Waals surface area contributed by atoms with E-state index in [1.807, 2.05) is 18.2 Å². The van der Waals surface area contributed by atoms with E-state index in [1.54, 1.807) is 36.6 Å². The molecular formula is C20H13ClO4. The van der Waals surface area contributed by atoms with Crippen molar-refractivity contribution >= 4 is 45.7 Å². The SMILES string of the molecule is COc1c2ccoc2cc2oc(/C=C\c3ccc(Cl)cc3)cc(=O)c12. The third-order valence-electron chi connectivity index (χ3n) is 3.94. The molecule has 0 amide bonds. The lowest BCUT2D eigenvalue weighted by Crippen LogP contribution is -2.03. The molecule has 0 bridgehead atoms. The Morgan fingerprint density at radius 1 is 1.04 bits per heavy atom. The van der Waals surface area contributed by atoms with E-state index in [0.29, 0.717) is 33.1 Å². The summed E-state index contributed by atoms with van der Waals surface area (Å²) in [6, 6.07) is 12.3. The Morgan fingerprint density at radius 3 is 2.60 bits per heavy atom. The summed E-state index contributed by atoms with van der Waals surface area (Å²) < 4.78 is 16.7. The maximum Gasteiger partial charge on any atom is 0.197 e. The first-order chi connectivity index (χ1) is 12.2. The molecule has 0 fully saturated rings. The van der Waals surface area contributed by atoms with Gasteiger partial charge in [0, 0.05) is 17.2 Å². The van der Waals surface area contributed by atoms with Gasteiger partial charge in [0.1, 0.15) is 28.1 Å². The van der Waals surface area contributed by atoms with Crippen molar-refractivity contribution in [2.75, 3.05) is 7.11 Å². The van der Waals surface area contributed by atoms with Crippen LogP contribution in [0.4, 0.5) is 0 Å². The Balaban J connectivity index is 1.85. The van der Waals surface area contributed by atoms with Gasteiger partial charge in [-0.1, -0.05) is 29.8 Å². The number of methoxy groups -OCH3 is 1. The number of rotatable bonds is 3. The molecule has 4 nitrogen and oxygen atoms in total. The number of fused-ring (bicyclic) bond motifs is 2. The van der Waals surface area contributed by atoms with E-state index in [9.17, 15) is 4.79 Å².